The smallest absolute Gasteiger partial charge is 0.251 e. The number of halogens is 1. The second kappa shape index (κ2) is 15.9. The van der Waals surface area contributed by atoms with Crippen molar-refractivity contribution in [3.05, 3.63) is 71.6 Å². The third kappa shape index (κ3) is 8.54. The van der Waals surface area contributed by atoms with Crippen molar-refractivity contribution < 1.29 is 23.9 Å². The molecule has 0 saturated heterocycles. The zero-order chi connectivity index (χ0) is 30.6. The van der Waals surface area contributed by atoms with Gasteiger partial charge in [0.25, 0.3) is 5.91 Å². The van der Waals surface area contributed by atoms with Crippen LogP contribution < -0.4 is 30.6 Å². The van der Waals surface area contributed by atoms with Gasteiger partial charge in [-0.2, -0.15) is 0 Å². The Kier molecular flexibility index (Phi) is 12.3. The van der Waals surface area contributed by atoms with Gasteiger partial charge in [0.15, 0.2) is 0 Å². The Labute approximate surface area is 259 Å². The molecule has 0 spiro atoms. The molecule has 0 fully saturated rings. The van der Waals surface area contributed by atoms with Crippen LogP contribution in [0.4, 0.5) is 5.69 Å². The SMILES string of the molecule is CN(C)c1ccc2c(-c3ccc(C(=O)NCCCCCNC(=O)CI)cc3)c3ccc(=[N+](C)C)cc-3oc2c1.O=C[O-]. The van der Waals surface area contributed by atoms with Gasteiger partial charge in [-0.3, -0.25) is 9.59 Å². The first kappa shape index (κ1) is 32.6. The number of benzene rings is 3. The molecule has 1 heterocycles. The van der Waals surface area contributed by atoms with Gasteiger partial charge >= 0.3 is 0 Å². The van der Waals surface area contributed by atoms with E-state index in [1.807, 2.05) is 52.5 Å². The molecule has 0 bridgehead atoms. The third-order valence-electron chi connectivity index (χ3n) is 6.74. The van der Waals surface area contributed by atoms with Crippen LogP contribution in [-0.2, 0) is 9.59 Å². The van der Waals surface area contributed by atoms with Crippen molar-refractivity contribution in [1.29, 1.82) is 0 Å². The van der Waals surface area contributed by atoms with E-state index in [1.54, 1.807) is 0 Å². The highest BCUT2D eigenvalue weighted by Crippen LogP contribution is 2.40. The predicted molar refractivity (Wildman–Crippen MR) is 174 cm³/mol. The van der Waals surface area contributed by atoms with Gasteiger partial charge in [-0.05, 0) is 55.2 Å². The minimum atomic E-state index is -0.500. The average Bonchev–Trinajstić information content (AvgIpc) is 2.98. The van der Waals surface area contributed by atoms with E-state index in [-0.39, 0.29) is 11.8 Å². The number of alkyl halides is 1. The Morgan fingerprint density at radius 2 is 1.62 bits per heavy atom. The number of unbranched alkanes of at least 4 members (excludes halogenated alkanes) is 2. The van der Waals surface area contributed by atoms with Gasteiger partial charge in [-0.15, -0.1) is 0 Å². The molecule has 2 aromatic carbocycles. The quantitative estimate of drug-likeness (QED) is 0.0663. The third-order valence-corrected chi connectivity index (χ3v) is 7.43. The summed E-state index contributed by atoms with van der Waals surface area (Å²) in [4.78, 5) is 34.3. The van der Waals surface area contributed by atoms with E-state index in [4.69, 9.17) is 14.3 Å². The Hall–Kier alpha value is -3.93. The minimum absolute atomic E-state index is 0.0647. The van der Waals surface area contributed by atoms with Crippen LogP contribution in [0.3, 0.4) is 0 Å². The molecule has 0 radical (unpaired) electrons. The largest absolute Gasteiger partial charge is 0.554 e. The fraction of sp³-hybridized carbons (Fsp3) is 0.312. The molecule has 2 amide bonds. The molecule has 0 atom stereocenters. The van der Waals surface area contributed by atoms with E-state index in [2.05, 4.69) is 79.1 Å². The fourth-order valence-electron chi connectivity index (χ4n) is 4.53. The van der Waals surface area contributed by atoms with Gasteiger partial charge in [0.2, 0.25) is 11.3 Å². The minimum Gasteiger partial charge on any atom is -0.554 e. The van der Waals surface area contributed by atoms with Crippen LogP contribution in [0.5, 0.6) is 0 Å². The number of hydrogen-bond donors (Lipinski definition) is 2. The van der Waals surface area contributed by atoms with Crippen LogP contribution in [0.25, 0.3) is 33.4 Å². The maximum Gasteiger partial charge on any atom is 0.251 e. The Morgan fingerprint density at radius 3 is 2.24 bits per heavy atom. The van der Waals surface area contributed by atoms with Crippen molar-refractivity contribution in [1.82, 2.24) is 15.2 Å². The lowest BCUT2D eigenvalue weighted by molar-refractivity contribution is -0.283. The van der Waals surface area contributed by atoms with Gasteiger partial charge in [0.1, 0.15) is 25.4 Å². The van der Waals surface area contributed by atoms with Crippen molar-refractivity contribution in [3.63, 3.8) is 0 Å². The van der Waals surface area contributed by atoms with Crippen LogP contribution in [0.15, 0.2) is 65.1 Å². The summed E-state index contributed by atoms with van der Waals surface area (Å²) in [7, 11) is 8.07. The number of fused-ring (bicyclic) bond motifs is 2. The monoisotopic (exact) mass is 684 g/mol. The molecule has 1 aliphatic heterocycles. The zero-order valence-corrected chi connectivity index (χ0v) is 26.6. The number of hydrogen-bond acceptors (Lipinski definition) is 6. The van der Waals surface area contributed by atoms with E-state index in [0.717, 1.165) is 63.7 Å². The van der Waals surface area contributed by atoms with Crippen molar-refractivity contribution in [2.45, 2.75) is 19.3 Å². The molecule has 2 aliphatic rings. The summed E-state index contributed by atoms with van der Waals surface area (Å²) in [5.74, 6) is 0.800. The Bertz CT molecular complexity index is 1560. The molecular formula is C32H37IN4O5. The first-order chi connectivity index (χ1) is 20.2. The normalized spacial score (nSPS) is 10.5. The molecule has 2 aromatic rings. The molecule has 0 saturated carbocycles. The van der Waals surface area contributed by atoms with E-state index in [0.29, 0.717) is 23.1 Å². The van der Waals surface area contributed by atoms with Crippen LogP contribution in [0.2, 0.25) is 0 Å². The average molecular weight is 685 g/mol. The van der Waals surface area contributed by atoms with Crippen molar-refractivity contribution in [3.8, 4) is 22.5 Å². The number of rotatable bonds is 10. The second-order valence-corrected chi connectivity index (χ2v) is 10.9. The van der Waals surface area contributed by atoms with E-state index >= 15 is 0 Å². The van der Waals surface area contributed by atoms with Gasteiger partial charge < -0.3 is 29.9 Å². The lowest BCUT2D eigenvalue weighted by Gasteiger charge is -2.18. The first-order valence-electron chi connectivity index (χ1n) is 13.6. The van der Waals surface area contributed by atoms with E-state index < -0.39 is 6.47 Å². The van der Waals surface area contributed by atoms with Gasteiger partial charge in [0.05, 0.1) is 10.5 Å². The molecule has 42 heavy (non-hydrogen) atoms. The molecule has 1 aliphatic carbocycles. The van der Waals surface area contributed by atoms with Crippen LogP contribution in [-0.4, -0.2) is 64.0 Å². The van der Waals surface area contributed by atoms with Gasteiger partial charge in [0, 0.05) is 73.6 Å². The van der Waals surface area contributed by atoms with Gasteiger partial charge in [-0.1, -0.05) is 34.7 Å². The summed E-state index contributed by atoms with van der Waals surface area (Å²) < 4.78 is 8.95. The van der Waals surface area contributed by atoms with E-state index in [1.165, 1.54) is 0 Å². The highest BCUT2D eigenvalue weighted by atomic mass is 127. The van der Waals surface area contributed by atoms with Gasteiger partial charge in [-0.25, -0.2) is 4.58 Å². The molecule has 4 rings (SSSR count). The molecule has 0 aromatic heterocycles. The number of carbonyl (C=O) groups excluding carboxylic acids is 3. The summed E-state index contributed by atoms with van der Waals surface area (Å²) in [6, 6.07) is 20.3. The fourth-order valence-corrected chi connectivity index (χ4v) is 4.80. The van der Waals surface area contributed by atoms with Crippen molar-refractivity contribution >= 4 is 57.5 Å². The summed E-state index contributed by atoms with van der Waals surface area (Å²) in [5.41, 5.74) is 5.65. The predicted octanol–water partition coefficient (Wildman–Crippen LogP) is 3.12. The molecule has 10 heteroatoms. The number of anilines is 1. The molecule has 222 valence electrons. The molecule has 2 N–H and O–H groups in total. The van der Waals surface area contributed by atoms with Crippen LogP contribution >= 0.6 is 22.6 Å². The number of nitrogens with zero attached hydrogens (tertiary/aromatic N) is 2. The maximum atomic E-state index is 12.7. The molecule has 9 nitrogen and oxygen atoms in total. The lowest BCUT2D eigenvalue weighted by atomic mass is 9.93. The van der Waals surface area contributed by atoms with Crippen molar-refractivity contribution in [2.24, 2.45) is 0 Å². The number of carboxylic acid groups (broad SMARTS) is 1. The Balaban J connectivity index is 0.00000155. The summed E-state index contributed by atoms with van der Waals surface area (Å²) in [5, 5.41) is 16.2. The number of carbonyl (C=O) groups is 3. The topological polar surface area (TPSA) is 118 Å². The summed E-state index contributed by atoms with van der Waals surface area (Å²) >= 11 is 2.05. The number of nitrogens with one attached hydrogen (secondary N) is 2. The highest BCUT2D eigenvalue weighted by Gasteiger charge is 2.19. The molecular weight excluding hydrogens is 647 g/mol. The lowest BCUT2D eigenvalue weighted by Crippen LogP contribution is -2.26. The van der Waals surface area contributed by atoms with E-state index in [9.17, 15) is 9.59 Å². The highest BCUT2D eigenvalue weighted by molar-refractivity contribution is 14.1. The number of amides is 2. The van der Waals surface area contributed by atoms with Crippen LogP contribution in [0.1, 0.15) is 29.6 Å². The zero-order valence-electron chi connectivity index (χ0n) is 24.4. The van der Waals surface area contributed by atoms with Crippen molar-refractivity contribution in [2.75, 3.05) is 50.6 Å². The summed E-state index contributed by atoms with van der Waals surface area (Å²) in [6.07, 6.45) is 2.73. The second-order valence-electron chi connectivity index (χ2n) is 10.1. The Morgan fingerprint density at radius 1 is 0.952 bits per heavy atom. The first-order valence-corrected chi connectivity index (χ1v) is 15.2. The molecule has 0 unspecified atom stereocenters. The standard InChI is InChI=1S/C31H35IN4O3.CH2O2/c1-35(2)23-12-14-25-27(18-23)39-28-19-24(36(3)4)13-15-26(28)30(25)21-8-10-22(11-9-21)31(38)34-17-7-5-6-16-33-29(37)20-32;2-1-3/h8-15,18-19H,5-7,16-17,20H2,1-4H3,(H-,33,34,37,38);1H,(H,2,3). The maximum absolute atomic E-state index is 12.7. The summed E-state index contributed by atoms with van der Waals surface area (Å²) in [6.45, 7) is 0.791. The van der Waals surface area contributed by atoms with Crippen LogP contribution in [0, 0.1) is 0 Å².